The minimum Gasteiger partial charge on any atom is -0.271 e. The van der Waals surface area contributed by atoms with Crippen LogP contribution in [0.1, 0.15) is 16.7 Å². The second kappa shape index (κ2) is 6.48. The molecule has 0 amide bonds. The van der Waals surface area contributed by atoms with Crippen LogP contribution in [0.4, 0.5) is 32.0 Å². The summed E-state index contributed by atoms with van der Waals surface area (Å²) in [7, 11) is 0. The Kier molecular flexibility index (Phi) is 5.35. The summed E-state index contributed by atoms with van der Waals surface area (Å²) in [6.07, 6.45) is -6.92. The molecule has 0 fully saturated rings. The molecule has 0 spiro atoms. The van der Waals surface area contributed by atoms with E-state index in [1.54, 1.807) is 0 Å². The first kappa shape index (κ1) is 18.2. The highest BCUT2D eigenvalue weighted by molar-refractivity contribution is 8.13. The molecule has 1 aromatic carbocycles. The first-order valence-electron chi connectivity index (χ1n) is 5.57. The fourth-order valence-corrected chi connectivity index (χ4v) is 1.89. The fraction of sp³-hybridized carbons (Fsp3) is 0.333. The molecule has 1 rings (SSSR count). The molecular formula is C12H9F6N3S. The van der Waals surface area contributed by atoms with Crippen molar-refractivity contribution in [2.75, 3.05) is 6.26 Å². The summed E-state index contributed by atoms with van der Waals surface area (Å²) in [5.74, 6) is 0. The van der Waals surface area contributed by atoms with Gasteiger partial charge in [-0.25, -0.2) is 4.99 Å². The predicted molar refractivity (Wildman–Crippen MR) is 70.5 cm³/mol. The Balaban J connectivity index is 3.60. The van der Waals surface area contributed by atoms with E-state index in [2.05, 4.69) is 10.3 Å². The molecule has 3 nitrogen and oxygen atoms in total. The Labute approximate surface area is 126 Å². The molecule has 0 aromatic heterocycles. The molecule has 0 unspecified atom stereocenters. The third-order valence-corrected chi connectivity index (χ3v) is 3.17. The number of nitrogens with zero attached hydrogens (tertiary/aromatic N) is 2. The van der Waals surface area contributed by atoms with Crippen LogP contribution in [0.3, 0.4) is 0 Å². The number of nitrogens with one attached hydrogen (secondary N) is 1. The Morgan fingerprint density at radius 1 is 1.18 bits per heavy atom. The lowest BCUT2D eigenvalue weighted by atomic mass is 10.0. The van der Waals surface area contributed by atoms with Crippen molar-refractivity contribution in [1.29, 1.82) is 5.26 Å². The molecule has 0 aliphatic carbocycles. The van der Waals surface area contributed by atoms with Gasteiger partial charge >= 0.3 is 12.4 Å². The van der Waals surface area contributed by atoms with Crippen LogP contribution in [-0.4, -0.2) is 11.4 Å². The third-order valence-electron chi connectivity index (χ3n) is 2.59. The number of halogens is 6. The number of thioether (sulfide) groups is 1. The number of amidine groups is 1. The Morgan fingerprint density at radius 2 is 1.77 bits per heavy atom. The van der Waals surface area contributed by atoms with Crippen LogP contribution in [0.5, 0.6) is 0 Å². The lowest BCUT2D eigenvalue weighted by Crippen LogP contribution is -2.15. The monoisotopic (exact) mass is 341 g/mol. The maximum Gasteiger partial charge on any atom is 0.416 e. The molecule has 0 radical (unpaired) electrons. The average molecular weight is 341 g/mol. The standard InChI is InChI=1S/C12H9F6N3S/c1-6-8(12(16,17)18)3-7(11(13,14)15)4-9(6)21-10(22-2)20-5-19/h3-4H,1-2H3,(H,20,21). The van der Waals surface area contributed by atoms with E-state index in [4.69, 9.17) is 5.26 Å². The molecule has 1 N–H and O–H groups in total. The molecule has 0 aliphatic rings. The van der Waals surface area contributed by atoms with Gasteiger partial charge in [0.15, 0.2) is 11.4 Å². The SMILES string of the molecule is CSC(=Nc1cc(C(F)(F)F)cc(C(F)(F)F)c1C)NC#N. The van der Waals surface area contributed by atoms with Crippen LogP contribution < -0.4 is 5.32 Å². The molecule has 0 saturated carbocycles. The molecule has 120 valence electrons. The van der Waals surface area contributed by atoms with Gasteiger partial charge in [0.1, 0.15) is 0 Å². The van der Waals surface area contributed by atoms with E-state index in [0.29, 0.717) is 6.07 Å². The maximum atomic E-state index is 12.9. The van der Waals surface area contributed by atoms with E-state index < -0.39 is 34.7 Å². The second-order valence-corrected chi connectivity index (χ2v) is 4.82. The Hall–Kier alpha value is -1.89. The lowest BCUT2D eigenvalue weighted by Gasteiger charge is -2.16. The lowest BCUT2D eigenvalue weighted by molar-refractivity contribution is -0.143. The molecule has 10 heteroatoms. The van der Waals surface area contributed by atoms with Gasteiger partial charge in [0.2, 0.25) is 0 Å². The van der Waals surface area contributed by atoms with Crippen molar-refractivity contribution >= 4 is 22.6 Å². The fourth-order valence-electron chi connectivity index (χ4n) is 1.56. The topological polar surface area (TPSA) is 48.2 Å². The zero-order valence-electron chi connectivity index (χ0n) is 11.2. The molecule has 1 aromatic rings. The Bertz CT molecular complexity index is 627. The van der Waals surface area contributed by atoms with Crippen molar-refractivity contribution in [3.63, 3.8) is 0 Å². The van der Waals surface area contributed by atoms with Gasteiger partial charge in [0, 0.05) is 0 Å². The van der Waals surface area contributed by atoms with Crippen LogP contribution in [0.15, 0.2) is 17.1 Å². The zero-order chi connectivity index (χ0) is 17.1. The number of nitriles is 1. The van der Waals surface area contributed by atoms with Crippen molar-refractivity contribution in [3.8, 4) is 6.19 Å². The van der Waals surface area contributed by atoms with Crippen LogP contribution in [-0.2, 0) is 12.4 Å². The Morgan fingerprint density at radius 3 is 2.18 bits per heavy atom. The highest BCUT2D eigenvalue weighted by atomic mass is 32.2. The van der Waals surface area contributed by atoms with Crippen molar-refractivity contribution < 1.29 is 26.3 Å². The summed E-state index contributed by atoms with van der Waals surface area (Å²) in [5.41, 5.74) is -3.83. The van der Waals surface area contributed by atoms with E-state index >= 15 is 0 Å². The smallest absolute Gasteiger partial charge is 0.271 e. The predicted octanol–water partition coefficient (Wildman–Crippen LogP) is 4.45. The number of alkyl halides is 6. The number of hydrogen-bond acceptors (Lipinski definition) is 3. The molecule has 0 atom stereocenters. The van der Waals surface area contributed by atoms with E-state index in [1.807, 2.05) is 0 Å². The van der Waals surface area contributed by atoms with Gasteiger partial charge in [-0.05, 0) is 30.9 Å². The first-order valence-corrected chi connectivity index (χ1v) is 6.80. The van der Waals surface area contributed by atoms with Crippen molar-refractivity contribution in [3.05, 3.63) is 28.8 Å². The van der Waals surface area contributed by atoms with E-state index in [9.17, 15) is 26.3 Å². The highest BCUT2D eigenvalue weighted by Crippen LogP contribution is 2.41. The normalized spacial score (nSPS) is 13.0. The van der Waals surface area contributed by atoms with Crippen LogP contribution >= 0.6 is 11.8 Å². The zero-order valence-corrected chi connectivity index (χ0v) is 12.0. The molecule has 0 heterocycles. The first-order chi connectivity index (χ1) is 10.0. The van der Waals surface area contributed by atoms with Gasteiger partial charge in [-0.2, -0.15) is 31.6 Å². The molecule has 0 aliphatic heterocycles. The van der Waals surface area contributed by atoms with Gasteiger partial charge in [-0.3, -0.25) is 5.32 Å². The average Bonchev–Trinajstić information content (AvgIpc) is 2.37. The summed E-state index contributed by atoms with van der Waals surface area (Å²) in [6, 6.07) is 0.560. The van der Waals surface area contributed by atoms with Gasteiger partial charge < -0.3 is 0 Å². The van der Waals surface area contributed by atoms with Gasteiger partial charge in [0.05, 0.1) is 16.8 Å². The number of hydrogen-bond donors (Lipinski definition) is 1. The van der Waals surface area contributed by atoms with Crippen LogP contribution in [0, 0.1) is 18.4 Å². The minimum atomic E-state index is -4.95. The summed E-state index contributed by atoms with van der Waals surface area (Å²) in [4.78, 5) is 3.66. The number of aliphatic imine (C=N–C) groups is 1. The summed E-state index contributed by atoms with van der Waals surface area (Å²) in [5, 5.41) is 10.4. The van der Waals surface area contributed by atoms with Crippen LogP contribution in [0.2, 0.25) is 0 Å². The van der Waals surface area contributed by atoms with Gasteiger partial charge in [-0.15, -0.1) is 0 Å². The summed E-state index contributed by atoms with van der Waals surface area (Å²) >= 11 is 0.879. The second-order valence-electron chi connectivity index (χ2n) is 4.02. The number of rotatable bonds is 1. The van der Waals surface area contributed by atoms with E-state index in [-0.39, 0.29) is 11.2 Å². The molecule has 22 heavy (non-hydrogen) atoms. The molecule has 0 saturated heterocycles. The van der Waals surface area contributed by atoms with Crippen molar-refractivity contribution in [1.82, 2.24) is 5.32 Å². The van der Waals surface area contributed by atoms with Crippen molar-refractivity contribution in [2.45, 2.75) is 19.3 Å². The summed E-state index contributed by atoms with van der Waals surface area (Å²) < 4.78 is 76.9. The van der Waals surface area contributed by atoms with Crippen LogP contribution in [0.25, 0.3) is 0 Å². The highest BCUT2D eigenvalue weighted by Gasteiger charge is 2.38. The maximum absolute atomic E-state index is 12.9. The van der Waals surface area contributed by atoms with Gasteiger partial charge in [0.25, 0.3) is 0 Å². The molecule has 0 bridgehead atoms. The van der Waals surface area contributed by atoms with E-state index in [0.717, 1.165) is 18.7 Å². The quantitative estimate of drug-likeness (QED) is 0.270. The largest absolute Gasteiger partial charge is 0.416 e. The number of benzene rings is 1. The minimum absolute atomic E-state index is 0.0465. The van der Waals surface area contributed by atoms with Gasteiger partial charge in [-0.1, -0.05) is 11.8 Å². The third kappa shape index (κ3) is 4.30. The van der Waals surface area contributed by atoms with E-state index in [1.165, 1.54) is 12.4 Å². The van der Waals surface area contributed by atoms with Crippen molar-refractivity contribution in [2.24, 2.45) is 4.99 Å². The summed E-state index contributed by atoms with van der Waals surface area (Å²) in [6.45, 7) is 1.02. The molecular weight excluding hydrogens is 332 g/mol.